The van der Waals surface area contributed by atoms with E-state index in [1.807, 2.05) is 30.3 Å². The molecule has 0 radical (unpaired) electrons. The van der Waals surface area contributed by atoms with Crippen LogP contribution >= 0.6 is 15.9 Å². The molecule has 2 aromatic carbocycles. The number of nitrogens with zero attached hydrogens (tertiary/aromatic N) is 2. The number of hydrogen-bond donors (Lipinski definition) is 1. The minimum atomic E-state index is 0.0422. The van der Waals surface area contributed by atoms with E-state index >= 15 is 0 Å². The second kappa shape index (κ2) is 9.67. The highest BCUT2D eigenvalue weighted by atomic mass is 79.9. The summed E-state index contributed by atoms with van der Waals surface area (Å²) >= 11 is 3.42. The molecule has 0 unspecified atom stereocenters. The molecule has 4 nitrogen and oxygen atoms in total. The Kier molecular flexibility index (Phi) is 7.00. The van der Waals surface area contributed by atoms with Gasteiger partial charge < -0.3 is 5.32 Å². The number of benzene rings is 2. The predicted octanol–water partition coefficient (Wildman–Crippen LogP) is 3.72. The molecule has 0 spiro atoms. The van der Waals surface area contributed by atoms with Crippen molar-refractivity contribution in [3.8, 4) is 0 Å². The fourth-order valence-corrected chi connectivity index (χ4v) is 3.40. The summed E-state index contributed by atoms with van der Waals surface area (Å²) in [6.07, 6.45) is 4.38. The van der Waals surface area contributed by atoms with Crippen molar-refractivity contribution in [1.82, 2.24) is 9.80 Å². The number of piperazine rings is 1. The second-order valence-corrected chi connectivity index (χ2v) is 7.36. The SMILES string of the molecule is O=C(CN1CCN(C/C=C/c2ccccc2)CC1)Nc1cccc(Br)c1. The van der Waals surface area contributed by atoms with Crippen LogP contribution in [0, 0.1) is 0 Å². The van der Waals surface area contributed by atoms with Gasteiger partial charge >= 0.3 is 0 Å². The van der Waals surface area contributed by atoms with Crippen LogP contribution in [-0.4, -0.2) is 55.0 Å². The molecule has 136 valence electrons. The lowest BCUT2D eigenvalue weighted by atomic mass is 10.2. The van der Waals surface area contributed by atoms with Crippen LogP contribution in [0.15, 0.2) is 65.1 Å². The van der Waals surface area contributed by atoms with Crippen molar-refractivity contribution in [2.75, 3.05) is 44.6 Å². The minimum absolute atomic E-state index is 0.0422. The van der Waals surface area contributed by atoms with Gasteiger partial charge in [-0.2, -0.15) is 0 Å². The average Bonchev–Trinajstić information content (AvgIpc) is 2.64. The summed E-state index contributed by atoms with van der Waals surface area (Å²) in [7, 11) is 0. The summed E-state index contributed by atoms with van der Waals surface area (Å²) in [5, 5.41) is 2.96. The number of carbonyl (C=O) groups is 1. The Labute approximate surface area is 163 Å². The summed E-state index contributed by atoms with van der Waals surface area (Å²) in [6, 6.07) is 18.0. The van der Waals surface area contributed by atoms with Crippen LogP contribution in [0.3, 0.4) is 0 Å². The first-order chi connectivity index (χ1) is 12.7. The molecule has 1 heterocycles. The van der Waals surface area contributed by atoms with Gasteiger partial charge in [0.05, 0.1) is 6.54 Å². The van der Waals surface area contributed by atoms with E-state index in [-0.39, 0.29) is 5.91 Å². The summed E-state index contributed by atoms with van der Waals surface area (Å²) in [5.41, 5.74) is 2.06. The maximum atomic E-state index is 12.2. The Hall–Kier alpha value is -1.95. The van der Waals surface area contributed by atoms with Crippen molar-refractivity contribution in [1.29, 1.82) is 0 Å². The average molecular weight is 414 g/mol. The van der Waals surface area contributed by atoms with E-state index in [9.17, 15) is 4.79 Å². The number of anilines is 1. The summed E-state index contributed by atoms with van der Waals surface area (Å²) in [5.74, 6) is 0.0422. The van der Waals surface area contributed by atoms with Gasteiger partial charge in [-0.1, -0.05) is 64.5 Å². The van der Waals surface area contributed by atoms with Gasteiger partial charge in [0.1, 0.15) is 0 Å². The van der Waals surface area contributed by atoms with E-state index in [2.05, 4.69) is 67.5 Å². The van der Waals surface area contributed by atoms with Crippen LogP contribution in [0.2, 0.25) is 0 Å². The second-order valence-electron chi connectivity index (χ2n) is 6.45. The Bertz CT molecular complexity index is 740. The van der Waals surface area contributed by atoms with Gasteiger partial charge in [-0.3, -0.25) is 14.6 Å². The lowest BCUT2D eigenvalue weighted by molar-refractivity contribution is -0.117. The molecular formula is C21H24BrN3O. The molecule has 2 aromatic rings. The van der Waals surface area contributed by atoms with E-state index in [1.54, 1.807) is 0 Å². The number of halogens is 1. The molecule has 0 aliphatic carbocycles. The number of nitrogens with one attached hydrogen (secondary N) is 1. The molecule has 0 aromatic heterocycles. The van der Waals surface area contributed by atoms with Crippen molar-refractivity contribution >= 4 is 33.6 Å². The molecule has 1 amide bonds. The molecule has 1 N–H and O–H groups in total. The molecule has 5 heteroatoms. The number of amides is 1. The molecule has 1 aliphatic heterocycles. The van der Waals surface area contributed by atoms with Crippen LogP contribution in [-0.2, 0) is 4.79 Å². The van der Waals surface area contributed by atoms with E-state index in [0.717, 1.165) is 42.9 Å². The maximum Gasteiger partial charge on any atom is 0.238 e. The van der Waals surface area contributed by atoms with Crippen LogP contribution in [0.4, 0.5) is 5.69 Å². The van der Waals surface area contributed by atoms with Gasteiger partial charge in [0.15, 0.2) is 0 Å². The quantitative estimate of drug-likeness (QED) is 0.783. The first-order valence-corrected chi connectivity index (χ1v) is 9.70. The first-order valence-electron chi connectivity index (χ1n) is 8.91. The van der Waals surface area contributed by atoms with E-state index in [1.165, 1.54) is 5.56 Å². The molecule has 0 saturated carbocycles. The zero-order valence-corrected chi connectivity index (χ0v) is 16.4. The molecule has 1 aliphatic rings. The third-order valence-electron chi connectivity index (χ3n) is 4.41. The van der Waals surface area contributed by atoms with Crippen molar-refractivity contribution in [2.24, 2.45) is 0 Å². The fraction of sp³-hybridized carbons (Fsp3) is 0.286. The van der Waals surface area contributed by atoms with Crippen LogP contribution < -0.4 is 5.32 Å². The predicted molar refractivity (Wildman–Crippen MR) is 111 cm³/mol. The third-order valence-corrected chi connectivity index (χ3v) is 4.91. The van der Waals surface area contributed by atoms with Crippen LogP contribution in [0.5, 0.6) is 0 Å². The van der Waals surface area contributed by atoms with Gasteiger partial charge in [0.2, 0.25) is 5.91 Å². The highest BCUT2D eigenvalue weighted by Gasteiger charge is 2.18. The molecule has 26 heavy (non-hydrogen) atoms. The molecule has 3 rings (SSSR count). The molecule has 0 bridgehead atoms. The third kappa shape index (κ3) is 6.09. The van der Waals surface area contributed by atoms with Crippen molar-refractivity contribution < 1.29 is 4.79 Å². The van der Waals surface area contributed by atoms with E-state index in [0.29, 0.717) is 6.54 Å². The maximum absolute atomic E-state index is 12.2. The lowest BCUT2D eigenvalue weighted by Gasteiger charge is -2.33. The number of hydrogen-bond acceptors (Lipinski definition) is 3. The number of rotatable bonds is 6. The van der Waals surface area contributed by atoms with Gasteiger partial charge in [-0.15, -0.1) is 0 Å². The first kappa shape index (κ1) is 18.8. The number of carbonyl (C=O) groups excluding carboxylic acids is 1. The van der Waals surface area contributed by atoms with Gasteiger partial charge in [-0.05, 0) is 23.8 Å². The van der Waals surface area contributed by atoms with Gasteiger partial charge in [0.25, 0.3) is 0 Å². The van der Waals surface area contributed by atoms with E-state index in [4.69, 9.17) is 0 Å². The Morgan fingerprint density at radius 3 is 2.46 bits per heavy atom. The zero-order valence-electron chi connectivity index (χ0n) is 14.8. The minimum Gasteiger partial charge on any atom is -0.325 e. The molecule has 1 saturated heterocycles. The normalized spacial score (nSPS) is 16.0. The van der Waals surface area contributed by atoms with Gasteiger partial charge in [0, 0.05) is 42.9 Å². The van der Waals surface area contributed by atoms with E-state index < -0.39 is 0 Å². The standard InChI is InChI=1S/C21H24BrN3O/c22-19-9-4-10-20(16-19)23-21(26)17-25-14-12-24(13-15-25)11-5-8-18-6-2-1-3-7-18/h1-10,16H,11-15,17H2,(H,23,26)/b8-5+. The highest BCUT2D eigenvalue weighted by molar-refractivity contribution is 9.10. The monoisotopic (exact) mass is 413 g/mol. The van der Waals surface area contributed by atoms with Gasteiger partial charge in [-0.25, -0.2) is 0 Å². The Morgan fingerprint density at radius 2 is 1.73 bits per heavy atom. The fourth-order valence-electron chi connectivity index (χ4n) is 3.00. The molecule has 0 atom stereocenters. The van der Waals surface area contributed by atoms with Crippen LogP contribution in [0.25, 0.3) is 6.08 Å². The smallest absolute Gasteiger partial charge is 0.238 e. The summed E-state index contributed by atoms with van der Waals surface area (Å²) in [6.45, 7) is 5.22. The lowest BCUT2D eigenvalue weighted by Crippen LogP contribution is -2.48. The van der Waals surface area contributed by atoms with Crippen molar-refractivity contribution in [2.45, 2.75) is 0 Å². The Balaban J connectivity index is 1.38. The molecule has 1 fully saturated rings. The highest BCUT2D eigenvalue weighted by Crippen LogP contribution is 2.15. The zero-order chi connectivity index (χ0) is 18.2. The summed E-state index contributed by atoms with van der Waals surface area (Å²) in [4.78, 5) is 16.8. The largest absolute Gasteiger partial charge is 0.325 e. The topological polar surface area (TPSA) is 35.6 Å². The van der Waals surface area contributed by atoms with Crippen LogP contribution in [0.1, 0.15) is 5.56 Å². The Morgan fingerprint density at radius 1 is 1.00 bits per heavy atom. The van der Waals surface area contributed by atoms with Crippen molar-refractivity contribution in [3.63, 3.8) is 0 Å². The molecular weight excluding hydrogens is 390 g/mol. The summed E-state index contributed by atoms with van der Waals surface area (Å²) < 4.78 is 0.965. The van der Waals surface area contributed by atoms with Crippen molar-refractivity contribution in [3.05, 3.63) is 70.7 Å².